The van der Waals surface area contributed by atoms with Gasteiger partial charge in [-0.15, -0.1) is 0 Å². The summed E-state index contributed by atoms with van der Waals surface area (Å²) in [6, 6.07) is 12.4. The van der Waals surface area contributed by atoms with Crippen molar-refractivity contribution in [3.05, 3.63) is 65.5 Å². The second-order valence-corrected chi connectivity index (χ2v) is 8.10. The van der Waals surface area contributed by atoms with Gasteiger partial charge in [0.2, 0.25) is 0 Å². The molecule has 30 heavy (non-hydrogen) atoms. The highest BCUT2D eigenvalue weighted by Crippen LogP contribution is 2.53. The summed E-state index contributed by atoms with van der Waals surface area (Å²) in [5.74, 6) is -3.00. The maximum absolute atomic E-state index is 14.3. The van der Waals surface area contributed by atoms with Crippen LogP contribution in [0.3, 0.4) is 0 Å². The summed E-state index contributed by atoms with van der Waals surface area (Å²) in [6.45, 7) is 0. The molecule has 2 aromatic carbocycles. The summed E-state index contributed by atoms with van der Waals surface area (Å²) < 4.78 is 14.3. The number of hydrogen-bond acceptors (Lipinski definition) is 4. The molecule has 156 valence electrons. The molecule has 3 N–H and O–H groups in total. The van der Waals surface area contributed by atoms with Crippen molar-refractivity contribution in [3.8, 4) is 0 Å². The van der Waals surface area contributed by atoms with Crippen LogP contribution in [-0.2, 0) is 9.59 Å². The molecule has 0 bridgehead atoms. The van der Waals surface area contributed by atoms with Crippen LogP contribution in [0.4, 0.5) is 10.1 Å². The first-order valence-electron chi connectivity index (χ1n) is 10.0. The Kier molecular flexibility index (Phi) is 5.15. The molecule has 2 aromatic rings. The highest BCUT2D eigenvalue weighted by atomic mass is 19.1. The van der Waals surface area contributed by atoms with E-state index in [-0.39, 0.29) is 24.3 Å². The molecule has 1 aliphatic heterocycles. The normalized spacial score (nSPS) is 24.5. The van der Waals surface area contributed by atoms with Crippen molar-refractivity contribution in [2.24, 2.45) is 11.7 Å². The number of benzene rings is 2. The quantitative estimate of drug-likeness (QED) is 0.738. The zero-order valence-corrected chi connectivity index (χ0v) is 16.3. The Morgan fingerprint density at radius 2 is 1.93 bits per heavy atom. The summed E-state index contributed by atoms with van der Waals surface area (Å²) in [5.41, 5.74) is 5.81. The molecule has 4 atom stereocenters. The van der Waals surface area contributed by atoms with Crippen molar-refractivity contribution in [3.63, 3.8) is 0 Å². The van der Waals surface area contributed by atoms with Crippen LogP contribution >= 0.6 is 0 Å². The van der Waals surface area contributed by atoms with Gasteiger partial charge in [0.25, 0.3) is 5.91 Å². The van der Waals surface area contributed by atoms with E-state index in [2.05, 4.69) is 0 Å². The van der Waals surface area contributed by atoms with Crippen LogP contribution in [0.5, 0.6) is 0 Å². The summed E-state index contributed by atoms with van der Waals surface area (Å²) in [7, 11) is 0. The first-order valence-corrected chi connectivity index (χ1v) is 10.0. The number of halogens is 1. The van der Waals surface area contributed by atoms with Gasteiger partial charge in [0.15, 0.2) is 0 Å². The van der Waals surface area contributed by atoms with Gasteiger partial charge in [-0.25, -0.2) is 4.39 Å². The monoisotopic (exact) mass is 410 g/mol. The van der Waals surface area contributed by atoms with E-state index in [1.807, 2.05) is 6.07 Å². The number of aliphatic carboxylic acids is 1. The fourth-order valence-electron chi connectivity index (χ4n) is 5.20. The number of carboxylic acid groups (broad SMARTS) is 1. The summed E-state index contributed by atoms with van der Waals surface area (Å²) in [5, 5.41) is 9.93. The van der Waals surface area contributed by atoms with Gasteiger partial charge in [-0.1, -0.05) is 30.7 Å². The van der Waals surface area contributed by atoms with E-state index in [1.165, 1.54) is 18.2 Å². The number of nitrogens with zero attached hydrogens (tertiary/aromatic N) is 1. The van der Waals surface area contributed by atoms with Crippen LogP contribution in [-0.4, -0.2) is 34.8 Å². The minimum Gasteiger partial charge on any atom is -0.480 e. The van der Waals surface area contributed by atoms with Gasteiger partial charge in [-0.05, 0) is 48.6 Å². The topological polar surface area (TPSA) is 101 Å². The van der Waals surface area contributed by atoms with E-state index in [4.69, 9.17) is 5.73 Å². The Balaban J connectivity index is 1.91. The SMILES string of the molecule is NC(CC=O)(C(=O)O)C1c2ccc(F)cc2N(C(=O)c2ccccc2)C2CCCC21. The molecule has 1 amide bonds. The highest BCUT2D eigenvalue weighted by Gasteiger charge is 2.55. The maximum Gasteiger partial charge on any atom is 0.324 e. The molecular formula is C23H23FN2O4. The molecule has 2 aliphatic rings. The Morgan fingerprint density at radius 3 is 2.60 bits per heavy atom. The minimum atomic E-state index is -1.83. The maximum atomic E-state index is 14.3. The summed E-state index contributed by atoms with van der Waals surface area (Å²) >= 11 is 0. The lowest BCUT2D eigenvalue weighted by molar-refractivity contribution is -0.146. The fraction of sp³-hybridized carbons (Fsp3) is 0.348. The molecule has 0 aromatic heterocycles. The number of rotatable bonds is 5. The average molecular weight is 410 g/mol. The number of aldehydes is 1. The smallest absolute Gasteiger partial charge is 0.324 e. The molecule has 1 aliphatic carbocycles. The van der Waals surface area contributed by atoms with Crippen LogP contribution in [0.1, 0.15) is 47.5 Å². The Hall–Kier alpha value is -3.06. The number of carboxylic acids is 1. The lowest BCUT2D eigenvalue weighted by Crippen LogP contribution is -2.60. The largest absolute Gasteiger partial charge is 0.480 e. The molecule has 0 saturated heterocycles. The Labute approximate surface area is 173 Å². The molecule has 4 unspecified atom stereocenters. The van der Waals surface area contributed by atoms with Crippen molar-refractivity contribution in [1.82, 2.24) is 0 Å². The number of amides is 1. The zero-order valence-electron chi connectivity index (χ0n) is 16.3. The number of anilines is 1. The molecule has 1 heterocycles. The lowest BCUT2D eigenvalue weighted by atomic mass is 9.66. The van der Waals surface area contributed by atoms with E-state index in [1.54, 1.807) is 29.2 Å². The van der Waals surface area contributed by atoms with Crippen molar-refractivity contribution < 1.29 is 23.9 Å². The third-order valence-corrected chi connectivity index (χ3v) is 6.49. The average Bonchev–Trinajstić information content (AvgIpc) is 3.20. The van der Waals surface area contributed by atoms with Gasteiger partial charge in [-0.2, -0.15) is 0 Å². The van der Waals surface area contributed by atoms with E-state index in [0.717, 1.165) is 6.42 Å². The molecular weight excluding hydrogens is 387 g/mol. The van der Waals surface area contributed by atoms with E-state index < -0.39 is 23.2 Å². The number of nitrogens with two attached hydrogens (primary N) is 1. The number of hydrogen-bond donors (Lipinski definition) is 2. The Morgan fingerprint density at radius 1 is 1.20 bits per heavy atom. The second-order valence-electron chi connectivity index (χ2n) is 8.10. The molecule has 6 nitrogen and oxygen atoms in total. The second kappa shape index (κ2) is 7.65. The van der Waals surface area contributed by atoms with Crippen LogP contribution in [0, 0.1) is 11.7 Å². The van der Waals surface area contributed by atoms with E-state index in [9.17, 15) is 23.9 Å². The van der Waals surface area contributed by atoms with Crippen molar-refractivity contribution in [2.75, 3.05) is 4.90 Å². The van der Waals surface area contributed by atoms with E-state index in [0.29, 0.717) is 35.9 Å². The first-order chi connectivity index (χ1) is 14.4. The predicted octanol–water partition coefficient (Wildman–Crippen LogP) is 3.11. The highest BCUT2D eigenvalue weighted by molar-refractivity contribution is 6.07. The molecule has 7 heteroatoms. The van der Waals surface area contributed by atoms with Gasteiger partial charge in [0, 0.05) is 23.9 Å². The van der Waals surface area contributed by atoms with Gasteiger partial charge >= 0.3 is 5.97 Å². The van der Waals surface area contributed by atoms with Gasteiger partial charge in [0.05, 0.1) is 5.69 Å². The number of carbonyl (C=O) groups excluding carboxylic acids is 2. The first kappa shape index (κ1) is 20.2. The Bertz CT molecular complexity index is 996. The van der Waals surface area contributed by atoms with Crippen LogP contribution in [0.2, 0.25) is 0 Å². The third kappa shape index (κ3) is 3.10. The van der Waals surface area contributed by atoms with Crippen molar-refractivity contribution >= 4 is 23.9 Å². The molecule has 1 saturated carbocycles. The summed E-state index contributed by atoms with van der Waals surface area (Å²) in [4.78, 5) is 38.5. The fourth-order valence-corrected chi connectivity index (χ4v) is 5.20. The molecule has 4 rings (SSSR count). The predicted molar refractivity (Wildman–Crippen MR) is 109 cm³/mol. The van der Waals surface area contributed by atoms with Gasteiger partial charge in [-0.3, -0.25) is 9.59 Å². The number of carbonyl (C=O) groups is 3. The van der Waals surface area contributed by atoms with Crippen LogP contribution in [0.15, 0.2) is 48.5 Å². The van der Waals surface area contributed by atoms with Crippen molar-refractivity contribution in [2.45, 2.75) is 43.2 Å². The molecule has 1 fully saturated rings. The number of fused-ring (bicyclic) bond motifs is 2. The van der Waals surface area contributed by atoms with Gasteiger partial charge < -0.3 is 20.5 Å². The van der Waals surface area contributed by atoms with Gasteiger partial charge in [0.1, 0.15) is 17.6 Å². The standard InChI is InChI=1S/C23H23FN2O4/c24-15-9-10-17-19(13-15)26(21(28)14-5-2-1-3-6-14)18-8-4-7-16(18)20(17)23(25,11-12-27)22(29)30/h1-3,5-6,9-10,12-13,16,18,20H,4,7-8,11,25H2,(H,29,30). The zero-order chi connectivity index (χ0) is 21.5. The van der Waals surface area contributed by atoms with E-state index >= 15 is 0 Å². The molecule has 0 radical (unpaired) electrons. The van der Waals surface area contributed by atoms with Crippen molar-refractivity contribution in [1.29, 1.82) is 0 Å². The van der Waals surface area contributed by atoms with Crippen LogP contribution < -0.4 is 10.6 Å². The van der Waals surface area contributed by atoms with Crippen LogP contribution in [0.25, 0.3) is 0 Å². The lowest BCUT2D eigenvalue weighted by Gasteiger charge is -2.48. The molecule has 0 spiro atoms. The third-order valence-electron chi connectivity index (χ3n) is 6.49. The summed E-state index contributed by atoms with van der Waals surface area (Å²) in [6.07, 6.45) is 2.28. The minimum absolute atomic E-state index is 0.239.